The first-order valence-corrected chi connectivity index (χ1v) is 7.21. The zero-order valence-electron chi connectivity index (χ0n) is 13.2. The van der Waals surface area contributed by atoms with Gasteiger partial charge in [-0.25, -0.2) is 4.99 Å². The second-order valence-corrected chi connectivity index (χ2v) is 5.00. The van der Waals surface area contributed by atoms with Gasteiger partial charge in [0, 0.05) is 25.0 Å². The van der Waals surface area contributed by atoms with Crippen LogP contribution in [0, 0.1) is 5.92 Å². The van der Waals surface area contributed by atoms with Crippen molar-refractivity contribution in [1.82, 2.24) is 5.32 Å². The maximum absolute atomic E-state index is 11.5. The molecular formula is C16H28N2O2. The molecule has 0 spiro atoms. The van der Waals surface area contributed by atoms with E-state index in [2.05, 4.69) is 17.0 Å². The third-order valence-electron chi connectivity index (χ3n) is 2.85. The highest BCUT2D eigenvalue weighted by molar-refractivity contribution is 5.80. The molecular weight excluding hydrogens is 252 g/mol. The van der Waals surface area contributed by atoms with Crippen LogP contribution < -0.4 is 5.32 Å². The molecule has 0 amide bonds. The van der Waals surface area contributed by atoms with Gasteiger partial charge >= 0.3 is 0 Å². The molecule has 20 heavy (non-hydrogen) atoms. The van der Waals surface area contributed by atoms with Gasteiger partial charge in [-0.3, -0.25) is 4.79 Å². The van der Waals surface area contributed by atoms with E-state index in [-0.39, 0.29) is 5.92 Å². The molecule has 4 heteroatoms. The first kappa shape index (κ1) is 18.6. The van der Waals surface area contributed by atoms with E-state index in [4.69, 9.17) is 4.74 Å². The van der Waals surface area contributed by atoms with Gasteiger partial charge in [0.1, 0.15) is 12.4 Å². The number of aliphatic imine (C=N–C) groups is 1. The van der Waals surface area contributed by atoms with Crippen molar-refractivity contribution in [1.29, 1.82) is 0 Å². The molecule has 0 unspecified atom stereocenters. The first-order chi connectivity index (χ1) is 9.51. The van der Waals surface area contributed by atoms with Crippen LogP contribution in [0.25, 0.3) is 0 Å². The van der Waals surface area contributed by atoms with Crippen molar-refractivity contribution in [2.75, 3.05) is 19.7 Å². The zero-order chi connectivity index (χ0) is 15.4. The van der Waals surface area contributed by atoms with Gasteiger partial charge in [-0.05, 0) is 26.6 Å². The lowest BCUT2D eigenvalue weighted by Gasteiger charge is -2.06. The van der Waals surface area contributed by atoms with Gasteiger partial charge in [0.15, 0.2) is 0 Å². The standard InChI is InChI=1S/C16H28N2O2/c1-6-18-11-12-20-16(17-5)10-8-14(4)7-9-15(19)13(2)3/h8,10,13,18H,5-7,9,11-12H2,1-4H3/b14-8+,16-10+. The Hall–Kier alpha value is -1.42. The Morgan fingerprint density at radius 1 is 1.35 bits per heavy atom. The van der Waals surface area contributed by atoms with E-state index in [0.29, 0.717) is 24.7 Å². The van der Waals surface area contributed by atoms with E-state index in [1.807, 2.05) is 33.8 Å². The quantitative estimate of drug-likeness (QED) is 0.274. The fourth-order valence-corrected chi connectivity index (χ4v) is 1.46. The van der Waals surface area contributed by atoms with Crippen LogP contribution in [0.2, 0.25) is 0 Å². The molecule has 0 bridgehead atoms. The third-order valence-corrected chi connectivity index (χ3v) is 2.85. The van der Waals surface area contributed by atoms with Crippen LogP contribution in [0.1, 0.15) is 40.5 Å². The Kier molecular flexibility index (Phi) is 10.6. The largest absolute Gasteiger partial charge is 0.476 e. The molecule has 1 N–H and O–H groups in total. The number of nitrogens with one attached hydrogen (secondary N) is 1. The van der Waals surface area contributed by atoms with Crippen molar-refractivity contribution in [3.63, 3.8) is 0 Å². The molecule has 0 heterocycles. The zero-order valence-corrected chi connectivity index (χ0v) is 13.2. The lowest BCUT2D eigenvalue weighted by Crippen LogP contribution is -2.18. The molecule has 0 atom stereocenters. The van der Waals surface area contributed by atoms with E-state index in [9.17, 15) is 4.79 Å². The molecule has 0 aromatic carbocycles. The van der Waals surface area contributed by atoms with Crippen LogP contribution >= 0.6 is 0 Å². The fraction of sp³-hybridized carbons (Fsp3) is 0.625. The monoisotopic (exact) mass is 280 g/mol. The maximum atomic E-state index is 11.5. The number of nitrogens with zero attached hydrogens (tertiary/aromatic N) is 1. The minimum Gasteiger partial charge on any atom is -0.476 e. The van der Waals surface area contributed by atoms with Gasteiger partial charge in [0.25, 0.3) is 0 Å². The summed E-state index contributed by atoms with van der Waals surface area (Å²) in [7, 11) is 0. The van der Waals surface area contributed by atoms with E-state index in [1.165, 1.54) is 0 Å². The van der Waals surface area contributed by atoms with Crippen molar-refractivity contribution < 1.29 is 9.53 Å². The Bertz CT molecular complexity index is 357. The number of hydrogen-bond donors (Lipinski definition) is 1. The van der Waals surface area contributed by atoms with Crippen LogP contribution in [0.5, 0.6) is 0 Å². The topological polar surface area (TPSA) is 50.7 Å². The molecule has 0 aliphatic rings. The molecule has 0 rings (SSSR count). The van der Waals surface area contributed by atoms with Crippen LogP contribution in [0.4, 0.5) is 0 Å². The first-order valence-electron chi connectivity index (χ1n) is 7.21. The van der Waals surface area contributed by atoms with Gasteiger partial charge in [-0.15, -0.1) is 0 Å². The summed E-state index contributed by atoms with van der Waals surface area (Å²) in [4.78, 5) is 15.4. The number of Topliss-reactive ketones (excluding diaryl/α,β-unsaturated/α-hetero) is 1. The predicted octanol–water partition coefficient (Wildman–Crippen LogP) is 3.11. The molecule has 0 aromatic rings. The minimum absolute atomic E-state index is 0.109. The summed E-state index contributed by atoms with van der Waals surface area (Å²) >= 11 is 0. The number of ether oxygens (including phenoxy) is 1. The summed E-state index contributed by atoms with van der Waals surface area (Å²) in [5.41, 5.74) is 1.13. The fourth-order valence-electron chi connectivity index (χ4n) is 1.46. The molecule has 0 radical (unpaired) electrons. The predicted molar refractivity (Wildman–Crippen MR) is 85.0 cm³/mol. The van der Waals surface area contributed by atoms with Gasteiger partial charge in [-0.1, -0.05) is 32.4 Å². The second-order valence-electron chi connectivity index (χ2n) is 5.00. The van der Waals surface area contributed by atoms with E-state index < -0.39 is 0 Å². The average molecular weight is 280 g/mol. The van der Waals surface area contributed by atoms with Gasteiger partial charge in [0.2, 0.25) is 5.88 Å². The summed E-state index contributed by atoms with van der Waals surface area (Å²) in [5.74, 6) is 0.918. The third kappa shape index (κ3) is 9.50. The van der Waals surface area contributed by atoms with Crippen LogP contribution in [0.15, 0.2) is 28.6 Å². The van der Waals surface area contributed by atoms with Crippen molar-refractivity contribution >= 4 is 12.5 Å². The molecule has 0 fully saturated rings. The van der Waals surface area contributed by atoms with Crippen LogP contribution in [0.3, 0.4) is 0 Å². The molecule has 0 saturated carbocycles. The highest BCUT2D eigenvalue weighted by Gasteiger charge is 2.06. The molecule has 0 aromatic heterocycles. The minimum atomic E-state index is 0.109. The van der Waals surface area contributed by atoms with E-state index in [1.54, 1.807) is 6.08 Å². The lowest BCUT2D eigenvalue weighted by molar-refractivity contribution is -0.121. The molecule has 4 nitrogen and oxygen atoms in total. The molecule has 0 aliphatic carbocycles. The molecule has 114 valence electrons. The number of rotatable bonds is 11. The van der Waals surface area contributed by atoms with Gasteiger partial charge in [0.05, 0.1) is 0 Å². The Morgan fingerprint density at radius 2 is 2.05 bits per heavy atom. The maximum Gasteiger partial charge on any atom is 0.212 e. The van der Waals surface area contributed by atoms with E-state index in [0.717, 1.165) is 25.1 Å². The van der Waals surface area contributed by atoms with Crippen molar-refractivity contribution in [3.05, 3.63) is 23.6 Å². The summed E-state index contributed by atoms with van der Waals surface area (Å²) in [6, 6.07) is 0. The summed E-state index contributed by atoms with van der Waals surface area (Å²) < 4.78 is 5.47. The van der Waals surface area contributed by atoms with Crippen molar-refractivity contribution in [3.8, 4) is 0 Å². The summed E-state index contributed by atoms with van der Waals surface area (Å²) in [6.45, 7) is 13.7. The number of ketones is 1. The van der Waals surface area contributed by atoms with Crippen molar-refractivity contribution in [2.45, 2.75) is 40.5 Å². The van der Waals surface area contributed by atoms with Crippen LogP contribution in [-0.4, -0.2) is 32.2 Å². The summed E-state index contributed by atoms with van der Waals surface area (Å²) in [6.07, 6.45) is 5.10. The Labute approximate surface area is 123 Å². The molecule has 0 aliphatic heterocycles. The average Bonchev–Trinajstić information content (AvgIpc) is 2.43. The molecule has 0 saturated heterocycles. The Balaban J connectivity index is 4.20. The number of carbonyl (C=O) groups is 1. The number of likely N-dealkylation sites (N-methyl/N-ethyl adjacent to an activating group) is 1. The second kappa shape index (κ2) is 11.4. The number of carbonyl (C=O) groups excluding carboxylic acids is 1. The normalized spacial score (nSPS) is 12.7. The highest BCUT2D eigenvalue weighted by atomic mass is 16.5. The van der Waals surface area contributed by atoms with Crippen LogP contribution in [-0.2, 0) is 9.53 Å². The van der Waals surface area contributed by atoms with E-state index >= 15 is 0 Å². The van der Waals surface area contributed by atoms with Gasteiger partial charge in [-0.2, -0.15) is 0 Å². The SMILES string of the molecule is C=N/C(=C\C=C(/C)CCC(=O)C(C)C)OCCNCC. The van der Waals surface area contributed by atoms with Crippen molar-refractivity contribution in [2.24, 2.45) is 10.9 Å². The van der Waals surface area contributed by atoms with Gasteiger partial charge < -0.3 is 10.1 Å². The highest BCUT2D eigenvalue weighted by Crippen LogP contribution is 2.10. The number of hydrogen-bond acceptors (Lipinski definition) is 4. The number of allylic oxidation sites excluding steroid dienone is 3. The lowest BCUT2D eigenvalue weighted by atomic mass is 10.0. The smallest absolute Gasteiger partial charge is 0.212 e. The Morgan fingerprint density at radius 3 is 2.60 bits per heavy atom. The summed E-state index contributed by atoms with van der Waals surface area (Å²) in [5, 5.41) is 3.17.